The van der Waals surface area contributed by atoms with Crippen LogP contribution in [0.25, 0.3) is 0 Å². The second-order valence-corrected chi connectivity index (χ2v) is 2.78. The van der Waals surface area contributed by atoms with Crippen molar-refractivity contribution in [1.29, 1.82) is 0 Å². The number of carbonyl (C=O) groups is 1. The Morgan fingerprint density at radius 2 is 2.55 bits per heavy atom. The van der Waals surface area contributed by atoms with Crippen molar-refractivity contribution in [3.63, 3.8) is 0 Å². The molecule has 11 heavy (non-hydrogen) atoms. The first-order valence-electron chi connectivity index (χ1n) is 2.83. The third-order valence-corrected chi connectivity index (χ3v) is 1.96. The zero-order chi connectivity index (χ0) is 8.27. The fourth-order valence-corrected chi connectivity index (χ4v) is 1.07. The van der Waals surface area contributed by atoms with E-state index in [0.717, 1.165) is 0 Å². The molecule has 0 saturated heterocycles. The minimum absolute atomic E-state index is 0.203. The molecule has 0 atom stereocenters. The molecule has 0 saturated carbocycles. The average Bonchev–Trinajstić information content (AvgIpc) is 2.31. The summed E-state index contributed by atoms with van der Waals surface area (Å²) in [6.07, 6.45) is 0. The molecule has 60 valence electrons. The largest absolute Gasteiger partial charge is 0.369 e. The summed E-state index contributed by atoms with van der Waals surface area (Å²) in [5.41, 5.74) is 4.92. The summed E-state index contributed by atoms with van der Waals surface area (Å²) in [4.78, 5) is 10.3. The SMILES string of the molecule is Cn1nnnc1SCC(N)=O. The predicted octanol–water partition coefficient (Wildman–Crippen LogP) is -1.21. The topological polar surface area (TPSA) is 86.7 Å². The maximum absolute atomic E-state index is 10.3. The molecule has 0 radical (unpaired) electrons. The lowest BCUT2D eigenvalue weighted by atomic mass is 10.8. The summed E-state index contributed by atoms with van der Waals surface area (Å²) in [5.74, 6) is -0.174. The molecule has 0 aromatic carbocycles. The number of nitrogens with two attached hydrogens (primary N) is 1. The van der Waals surface area contributed by atoms with Gasteiger partial charge >= 0.3 is 0 Å². The Bertz CT molecular complexity index is 259. The van der Waals surface area contributed by atoms with Gasteiger partial charge < -0.3 is 5.73 Å². The van der Waals surface area contributed by atoms with E-state index in [4.69, 9.17) is 5.73 Å². The van der Waals surface area contributed by atoms with E-state index in [1.54, 1.807) is 7.05 Å². The Kier molecular flexibility index (Phi) is 2.42. The lowest BCUT2D eigenvalue weighted by Crippen LogP contribution is -2.13. The van der Waals surface area contributed by atoms with E-state index in [-0.39, 0.29) is 11.7 Å². The van der Waals surface area contributed by atoms with E-state index in [9.17, 15) is 4.79 Å². The quantitative estimate of drug-likeness (QED) is 0.579. The van der Waals surface area contributed by atoms with Crippen LogP contribution in [0.1, 0.15) is 0 Å². The van der Waals surface area contributed by atoms with Crippen molar-refractivity contribution in [3.05, 3.63) is 0 Å². The van der Waals surface area contributed by atoms with Crippen LogP contribution < -0.4 is 5.73 Å². The highest BCUT2D eigenvalue weighted by molar-refractivity contribution is 7.99. The third-order valence-electron chi connectivity index (χ3n) is 0.925. The Morgan fingerprint density at radius 1 is 1.82 bits per heavy atom. The van der Waals surface area contributed by atoms with Crippen LogP contribution >= 0.6 is 11.8 Å². The molecule has 0 fully saturated rings. The van der Waals surface area contributed by atoms with Gasteiger partial charge in [0, 0.05) is 7.05 Å². The highest BCUT2D eigenvalue weighted by Crippen LogP contribution is 2.10. The molecule has 1 rings (SSSR count). The molecular weight excluding hydrogens is 166 g/mol. The number of amides is 1. The normalized spacial score (nSPS) is 9.91. The molecule has 1 aromatic heterocycles. The van der Waals surface area contributed by atoms with Gasteiger partial charge in [0.1, 0.15) is 0 Å². The van der Waals surface area contributed by atoms with Gasteiger partial charge in [0.2, 0.25) is 11.1 Å². The number of aryl methyl sites for hydroxylation is 1. The summed E-state index contributed by atoms with van der Waals surface area (Å²) >= 11 is 1.21. The molecule has 7 heteroatoms. The summed E-state index contributed by atoms with van der Waals surface area (Å²) < 4.78 is 1.48. The first-order chi connectivity index (χ1) is 5.20. The first kappa shape index (κ1) is 7.99. The van der Waals surface area contributed by atoms with E-state index < -0.39 is 0 Å². The zero-order valence-electron chi connectivity index (χ0n) is 5.89. The van der Waals surface area contributed by atoms with Crippen molar-refractivity contribution >= 4 is 17.7 Å². The second-order valence-electron chi connectivity index (χ2n) is 1.84. The van der Waals surface area contributed by atoms with Gasteiger partial charge in [-0.25, -0.2) is 4.68 Å². The molecule has 0 bridgehead atoms. The molecule has 2 N–H and O–H groups in total. The monoisotopic (exact) mass is 173 g/mol. The smallest absolute Gasteiger partial charge is 0.227 e. The second kappa shape index (κ2) is 3.33. The van der Waals surface area contributed by atoms with Gasteiger partial charge in [0.05, 0.1) is 5.75 Å². The van der Waals surface area contributed by atoms with Gasteiger partial charge in [-0.2, -0.15) is 0 Å². The Morgan fingerprint density at radius 3 is 3.00 bits per heavy atom. The van der Waals surface area contributed by atoms with E-state index in [0.29, 0.717) is 5.16 Å². The van der Waals surface area contributed by atoms with Crippen LogP contribution in [-0.2, 0) is 11.8 Å². The van der Waals surface area contributed by atoms with Crippen LogP contribution in [0.3, 0.4) is 0 Å². The maximum Gasteiger partial charge on any atom is 0.227 e. The van der Waals surface area contributed by atoms with Gasteiger partial charge in [-0.15, -0.1) is 5.10 Å². The Balaban J connectivity index is 2.51. The summed E-state index contributed by atoms with van der Waals surface area (Å²) in [7, 11) is 1.70. The minimum Gasteiger partial charge on any atom is -0.369 e. The minimum atomic E-state index is -0.377. The van der Waals surface area contributed by atoms with E-state index in [1.807, 2.05) is 0 Å². The predicted molar refractivity (Wildman–Crippen MR) is 38.7 cm³/mol. The maximum atomic E-state index is 10.3. The Labute approximate surface area is 67.1 Å². The molecule has 1 aromatic rings. The fourth-order valence-electron chi connectivity index (χ4n) is 0.479. The lowest BCUT2D eigenvalue weighted by Gasteiger charge is -1.93. The average molecular weight is 173 g/mol. The van der Waals surface area contributed by atoms with Crippen molar-refractivity contribution < 1.29 is 4.79 Å². The van der Waals surface area contributed by atoms with Gasteiger partial charge in [0.15, 0.2) is 0 Å². The van der Waals surface area contributed by atoms with Crippen LogP contribution in [0.2, 0.25) is 0 Å². The number of primary amides is 1. The number of tetrazole rings is 1. The first-order valence-corrected chi connectivity index (χ1v) is 3.82. The molecule has 1 amide bonds. The molecule has 6 nitrogen and oxygen atoms in total. The van der Waals surface area contributed by atoms with Gasteiger partial charge in [-0.05, 0) is 10.4 Å². The van der Waals surface area contributed by atoms with Crippen molar-refractivity contribution in [3.8, 4) is 0 Å². The van der Waals surface area contributed by atoms with Crippen LogP contribution in [0.4, 0.5) is 0 Å². The number of nitrogens with zero attached hydrogens (tertiary/aromatic N) is 4. The van der Waals surface area contributed by atoms with Crippen LogP contribution in [-0.4, -0.2) is 31.9 Å². The van der Waals surface area contributed by atoms with Crippen molar-refractivity contribution in [1.82, 2.24) is 20.2 Å². The molecular formula is C4H7N5OS. The van der Waals surface area contributed by atoms with Gasteiger partial charge in [-0.3, -0.25) is 4.79 Å². The molecule has 0 aliphatic heterocycles. The van der Waals surface area contributed by atoms with Crippen LogP contribution in [0.5, 0.6) is 0 Å². The summed E-state index contributed by atoms with van der Waals surface area (Å²) in [6, 6.07) is 0. The molecule has 0 spiro atoms. The van der Waals surface area contributed by atoms with E-state index >= 15 is 0 Å². The third kappa shape index (κ3) is 2.19. The Hall–Kier alpha value is -1.11. The molecule has 0 unspecified atom stereocenters. The lowest BCUT2D eigenvalue weighted by molar-refractivity contribution is -0.115. The molecule has 1 heterocycles. The van der Waals surface area contributed by atoms with Gasteiger partial charge in [-0.1, -0.05) is 11.8 Å². The molecule has 0 aliphatic rings. The van der Waals surface area contributed by atoms with E-state index in [2.05, 4.69) is 15.5 Å². The van der Waals surface area contributed by atoms with E-state index in [1.165, 1.54) is 16.4 Å². The van der Waals surface area contributed by atoms with Crippen LogP contribution in [0.15, 0.2) is 5.16 Å². The highest BCUT2D eigenvalue weighted by Gasteiger charge is 2.03. The number of rotatable bonds is 3. The van der Waals surface area contributed by atoms with Crippen molar-refractivity contribution in [2.24, 2.45) is 12.8 Å². The van der Waals surface area contributed by atoms with Gasteiger partial charge in [0.25, 0.3) is 0 Å². The fraction of sp³-hybridized carbons (Fsp3) is 0.500. The summed E-state index contributed by atoms with van der Waals surface area (Å²) in [5, 5.41) is 11.2. The molecule has 0 aliphatic carbocycles. The number of hydrogen-bond donors (Lipinski definition) is 1. The standard InChI is InChI=1S/C4H7N5OS/c1-9-4(6-7-8-9)11-2-3(5)10/h2H2,1H3,(H2,5,10). The number of hydrogen-bond acceptors (Lipinski definition) is 5. The number of thioether (sulfide) groups is 1. The number of aromatic nitrogens is 4. The van der Waals surface area contributed by atoms with Crippen LogP contribution in [0, 0.1) is 0 Å². The highest BCUT2D eigenvalue weighted by atomic mass is 32.2. The summed E-state index contributed by atoms with van der Waals surface area (Å²) in [6.45, 7) is 0. The van der Waals surface area contributed by atoms with Crippen molar-refractivity contribution in [2.45, 2.75) is 5.16 Å². The zero-order valence-corrected chi connectivity index (χ0v) is 6.71. The number of carbonyl (C=O) groups excluding carboxylic acids is 1. The van der Waals surface area contributed by atoms with Crippen molar-refractivity contribution in [2.75, 3.05) is 5.75 Å².